The third kappa shape index (κ3) is 3.51. The lowest BCUT2D eigenvalue weighted by atomic mass is 9.44. The van der Waals surface area contributed by atoms with Crippen molar-refractivity contribution < 1.29 is 0 Å². The molecule has 3 unspecified atom stereocenters. The van der Waals surface area contributed by atoms with Crippen molar-refractivity contribution in [2.24, 2.45) is 52.3 Å². The standard InChI is InChI=1S/C28H50/c1-6-20(2)10-9-11-21(3)24-15-16-25-23-14-13-22-12-7-8-18-27(22,4)26(23)17-19-28(24,25)5/h20-26H,6-19H2,1-5H3/t20-,21-,22-,23?,24-,25?,26?,27+,28-/m1/s1. The van der Waals surface area contributed by atoms with Crippen molar-refractivity contribution >= 4 is 0 Å². The average molecular weight is 387 g/mol. The van der Waals surface area contributed by atoms with Crippen molar-refractivity contribution in [3.8, 4) is 0 Å². The maximum absolute atomic E-state index is 2.76. The van der Waals surface area contributed by atoms with Gasteiger partial charge < -0.3 is 0 Å². The molecule has 0 nitrogen and oxygen atoms in total. The van der Waals surface area contributed by atoms with E-state index in [0.29, 0.717) is 10.8 Å². The Hall–Kier alpha value is 0. The Morgan fingerprint density at radius 3 is 2.36 bits per heavy atom. The summed E-state index contributed by atoms with van der Waals surface area (Å²) in [5, 5.41) is 0. The van der Waals surface area contributed by atoms with Crippen LogP contribution in [0.4, 0.5) is 0 Å². The average Bonchev–Trinajstić information content (AvgIpc) is 3.04. The van der Waals surface area contributed by atoms with E-state index in [0.717, 1.165) is 41.4 Å². The molecule has 9 atom stereocenters. The second-order valence-electron chi connectivity index (χ2n) is 12.6. The first-order valence-electron chi connectivity index (χ1n) is 13.4. The zero-order valence-electron chi connectivity index (χ0n) is 19.9. The zero-order chi connectivity index (χ0) is 19.9. The molecule has 0 aromatic carbocycles. The van der Waals surface area contributed by atoms with Crippen LogP contribution in [0, 0.1) is 52.3 Å². The second-order valence-corrected chi connectivity index (χ2v) is 12.6. The fraction of sp³-hybridized carbons (Fsp3) is 1.00. The van der Waals surface area contributed by atoms with Crippen LogP contribution in [0.25, 0.3) is 0 Å². The summed E-state index contributed by atoms with van der Waals surface area (Å²) in [6.07, 6.45) is 21.3. The Bertz CT molecular complexity index is 522. The molecule has 4 saturated carbocycles. The summed E-state index contributed by atoms with van der Waals surface area (Å²) >= 11 is 0. The molecular weight excluding hydrogens is 336 g/mol. The first kappa shape index (κ1) is 21.2. The van der Waals surface area contributed by atoms with E-state index in [1.54, 1.807) is 51.4 Å². The van der Waals surface area contributed by atoms with E-state index >= 15 is 0 Å². The highest BCUT2D eigenvalue weighted by Crippen LogP contribution is 2.68. The highest BCUT2D eigenvalue weighted by molar-refractivity contribution is 5.09. The van der Waals surface area contributed by atoms with Crippen LogP contribution in [0.3, 0.4) is 0 Å². The maximum Gasteiger partial charge on any atom is -0.0264 e. The van der Waals surface area contributed by atoms with Crippen molar-refractivity contribution in [2.75, 3.05) is 0 Å². The van der Waals surface area contributed by atoms with Gasteiger partial charge in [-0.3, -0.25) is 0 Å². The van der Waals surface area contributed by atoms with Gasteiger partial charge in [-0.2, -0.15) is 0 Å². The third-order valence-corrected chi connectivity index (χ3v) is 11.4. The molecule has 0 heterocycles. The smallest absolute Gasteiger partial charge is 0.0264 e. The molecule has 162 valence electrons. The summed E-state index contributed by atoms with van der Waals surface area (Å²) in [5.41, 5.74) is 1.39. The molecule has 28 heavy (non-hydrogen) atoms. The van der Waals surface area contributed by atoms with Crippen molar-refractivity contribution in [2.45, 2.75) is 125 Å². The molecule has 4 fully saturated rings. The van der Waals surface area contributed by atoms with E-state index in [2.05, 4.69) is 34.6 Å². The van der Waals surface area contributed by atoms with Crippen LogP contribution >= 0.6 is 0 Å². The molecule has 0 N–H and O–H groups in total. The molecule has 0 bridgehead atoms. The fourth-order valence-electron chi connectivity index (χ4n) is 9.46. The van der Waals surface area contributed by atoms with Crippen LogP contribution in [-0.4, -0.2) is 0 Å². The largest absolute Gasteiger partial charge is 0.0651 e. The highest BCUT2D eigenvalue weighted by atomic mass is 14.6. The van der Waals surface area contributed by atoms with Crippen LogP contribution < -0.4 is 0 Å². The van der Waals surface area contributed by atoms with Crippen LogP contribution in [0.1, 0.15) is 125 Å². The van der Waals surface area contributed by atoms with Crippen molar-refractivity contribution in [1.82, 2.24) is 0 Å². The molecule has 0 aliphatic heterocycles. The van der Waals surface area contributed by atoms with Crippen LogP contribution in [0.15, 0.2) is 0 Å². The van der Waals surface area contributed by atoms with Crippen molar-refractivity contribution in [1.29, 1.82) is 0 Å². The molecule has 0 radical (unpaired) electrons. The van der Waals surface area contributed by atoms with E-state index in [-0.39, 0.29) is 0 Å². The minimum absolute atomic E-state index is 0.675. The molecule has 0 aromatic heterocycles. The fourth-order valence-corrected chi connectivity index (χ4v) is 9.46. The number of hydrogen-bond donors (Lipinski definition) is 0. The van der Waals surface area contributed by atoms with Gasteiger partial charge >= 0.3 is 0 Å². The van der Waals surface area contributed by atoms with Gasteiger partial charge in [0.25, 0.3) is 0 Å². The molecule has 0 heteroatoms. The van der Waals surface area contributed by atoms with E-state index < -0.39 is 0 Å². The van der Waals surface area contributed by atoms with Gasteiger partial charge in [-0.25, -0.2) is 0 Å². The lowest BCUT2D eigenvalue weighted by molar-refractivity contribution is -0.114. The minimum Gasteiger partial charge on any atom is -0.0651 e. The lowest BCUT2D eigenvalue weighted by Crippen LogP contribution is -2.53. The molecule has 0 aromatic rings. The summed E-state index contributed by atoms with van der Waals surface area (Å²) < 4.78 is 0. The molecule has 4 aliphatic carbocycles. The Labute approximate surface area is 177 Å². The molecule has 4 aliphatic rings. The SMILES string of the molecule is CC[C@@H](C)CCC[C@@H](C)[C@H]1CCC2C3CC[C@H]4CCCC[C@]4(C)C3CC[C@@]21C. The van der Waals surface area contributed by atoms with Gasteiger partial charge in [-0.1, -0.05) is 73.1 Å². The topological polar surface area (TPSA) is 0 Å². The van der Waals surface area contributed by atoms with Crippen molar-refractivity contribution in [3.63, 3.8) is 0 Å². The van der Waals surface area contributed by atoms with Crippen LogP contribution in [0.5, 0.6) is 0 Å². The number of hydrogen-bond acceptors (Lipinski definition) is 0. The quantitative estimate of drug-likeness (QED) is 0.427. The number of fused-ring (bicyclic) bond motifs is 5. The summed E-state index contributed by atoms with van der Waals surface area (Å²) in [6, 6.07) is 0. The van der Waals surface area contributed by atoms with Crippen LogP contribution in [0.2, 0.25) is 0 Å². The van der Waals surface area contributed by atoms with Gasteiger partial charge in [0.1, 0.15) is 0 Å². The lowest BCUT2D eigenvalue weighted by Gasteiger charge is -2.61. The van der Waals surface area contributed by atoms with E-state index in [4.69, 9.17) is 0 Å². The zero-order valence-corrected chi connectivity index (χ0v) is 19.9. The predicted molar refractivity (Wildman–Crippen MR) is 122 cm³/mol. The summed E-state index contributed by atoms with van der Waals surface area (Å²) in [6.45, 7) is 12.9. The Morgan fingerprint density at radius 2 is 1.57 bits per heavy atom. The molecule has 0 amide bonds. The third-order valence-electron chi connectivity index (χ3n) is 11.4. The Kier molecular flexibility index (Phi) is 6.27. The van der Waals surface area contributed by atoms with Crippen molar-refractivity contribution in [3.05, 3.63) is 0 Å². The summed E-state index contributed by atoms with van der Waals surface area (Å²) in [4.78, 5) is 0. The first-order chi connectivity index (χ1) is 13.4. The second kappa shape index (κ2) is 8.26. The van der Waals surface area contributed by atoms with Gasteiger partial charge in [0.15, 0.2) is 0 Å². The molecule has 4 rings (SSSR count). The first-order valence-corrected chi connectivity index (χ1v) is 13.4. The monoisotopic (exact) mass is 386 g/mol. The van der Waals surface area contributed by atoms with E-state index in [1.165, 1.54) is 38.5 Å². The minimum atomic E-state index is 0.675. The van der Waals surface area contributed by atoms with E-state index in [9.17, 15) is 0 Å². The van der Waals surface area contributed by atoms with Gasteiger partial charge in [0, 0.05) is 0 Å². The van der Waals surface area contributed by atoms with Gasteiger partial charge in [-0.05, 0) is 104 Å². The van der Waals surface area contributed by atoms with Gasteiger partial charge in [-0.15, -0.1) is 0 Å². The summed E-state index contributed by atoms with van der Waals surface area (Å²) in [5.74, 6) is 7.20. The normalized spacial score (nSPS) is 47.7. The summed E-state index contributed by atoms with van der Waals surface area (Å²) in [7, 11) is 0. The van der Waals surface area contributed by atoms with Crippen LogP contribution in [-0.2, 0) is 0 Å². The molecule has 0 saturated heterocycles. The Morgan fingerprint density at radius 1 is 0.786 bits per heavy atom. The Balaban J connectivity index is 1.43. The highest BCUT2D eigenvalue weighted by Gasteiger charge is 2.59. The number of rotatable bonds is 6. The maximum atomic E-state index is 2.76. The van der Waals surface area contributed by atoms with Gasteiger partial charge in [0.2, 0.25) is 0 Å². The molecule has 0 spiro atoms. The molecular formula is C28H50. The van der Waals surface area contributed by atoms with Gasteiger partial charge in [0.05, 0.1) is 0 Å². The predicted octanol–water partition coefficient (Wildman–Crippen LogP) is 8.89. The van der Waals surface area contributed by atoms with E-state index in [1.807, 2.05) is 0 Å².